The van der Waals surface area contributed by atoms with Crippen molar-refractivity contribution in [2.75, 3.05) is 6.54 Å². The molecule has 0 bridgehead atoms. The van der Waals surface area contributed by atoms with Gasteiger partial charge >= 0.3 is 0 Å². The van der Waals surface area contributed by atoms with E-state index in [0.717, 1.165) is 31.7 Å². The highest BCUT2D eigenvalue weighted by molar-refractivity contribution is 5.91. The topological polar surface area (TPSA) is 41.6 Å². The maximum Gasteiger partial charge on any atom is 0.244 e. The average molecular weight is 314 g/mol. The summed E-state index contributed by atoms with van der Waals surface area (Å²) in [7, 11) is 0. The summed E-state index contributed by atoms with van der Waals surface area (Å²) in [5.41, 5.74) is 1.16. The maximum absolute atomic E-state index is 11.5. The van der Waals surface area contributed by atoms with Crippen molar-refractivity contribution < 1.29 is 9.53 Å². The van der Waals surface area contributed by atoms with E-state index in [-0.39, 0.29) is 17.6 Å². The van der Waals surface area contributed by atoms with Gasteiger partial charge in [-0.25, -0.2) is 0 Å². The van der Waals surface area contributed by atoms with Gasteiger partial charge < -0.3 is 10.1 Å². The minimum atomic E-state index is -0.115. The molecule has 1 aromatic rings. The van der Waals surface area contributed by atoms with Gasteiger partial charge in [-0.15, -0.1) is 0 Å². The third-order valence-electron chi connectivity index (χ3n) is 4.71. The minimum absolute atomic E-state index is 0.0455. The number of carbonyl (C=O) groups excluding carboxylic acids is 1. The molecule has 1 saturated heterocycles. The number of benzene rings is 1. The molecule has 2 aliphatic rings. The van der Waals surface area contributed by atoms with Crippen LogP contribution in [-0.2, 0) is 11.3 Å². The van der Waals surface area contributed by atoms with E-state index in [2.05, 4.69) is 41.4 Å². The lowest BCUT2D eigenvalue weighted by atomic mass is 9.84. The molecule has 2 atom stereocenters. The van der Waals surface area contributed by atoms with E-state index in [4.69, 9.17) is 4.74 Å². The lowest BCUT2D eigenvalue weighted by molar-refractivity contribution is -0.117. The number of rotatable bonds is 4. The van der Waals surface area contributed by atoms with E-state index in [0.29, 0.717) is 6.04 Å². The van der Waals surface area contributed by atoms with Crippen molar-refractivity contribution in [3.8, 4) is 5.75 Å². The van der Waals surface area contributed by atoms with Crippen molar-refractivity contribution in [3.05, 3.63) is 42.0 Å². The van der Waals surface area contributed by atoms with Crippen molar-refractivity contribution in [1.29, 1.82) is 0 Å². The van der Waals surface area contributed by atoms with Gasteiger partial charge in [0.15, 0.2) is 0 Å². The summed E-state index contributed by atoms with van der Waals surface area (Å²) in [5, 5.41) is 3.12. The Kier molecular flexibility index (Phi) is 4.44. The van der Waals surface area contributed by atoms with Crippen LogP contribution in [0.3, 0.4) is 0 Å². The predicted molar refractivity (Wildman–Crippen MR) is 91.3 cm³/mol. The van der Waals surface area contributed by atoms with Crippen LogP contribution in [0.15, 0.2) is 36.4 Å². The van der Waals surface area contributed by atoms with Gasteiger partial charge in [-0.3, -0.25) is 9.69 Å². The normalized spacial score (nSPS) is 27.7. The molecule has 0 saturated carbocycles. The molecule has 4 heteroatoms. The Bertz CT molecular complexity index is 611. The Labute approximate surface area is 138 Å². The summed E-state index contributed by atoms with van der Waals surface area (Å²) in [6.07, 6.45) is 5.87. The van der Waals surface area contributed by atoms with Gasteiger partial charge in [0.05, 0.1) is 11.6 Å². The number of hydrogen-bond acceptors (Lipinski definition) is 3. The largest absolute Gasteiger partial charge is 0.491 e. The molecule has 2 heterocycles. The minimum Gasteiger partial charge on any atom is -0.491 e. The molecule has 1 N–H and O–H groups in total. The maximum atomic E-state index is 11.5. The standard InChI is InChI=1S/C19H26N2O2/c1-14(2)23-17-6-4-5-16(11-17)13-21-10-9-19(12-15(21)3)8-7-18(22)20-19/h4-8,11,14-15H,9-10,12-13H2,1-3H3,(H,20,22)/t15-,19+/m0/s1. The van der Waals surface area contributed by atoms with Crippen LogP contribution in [-0.4, -0.2) is 35.0 Å². The first-order valence-corrected chi connectivity index (χ1v) is 8.47. The van der Waals surface area contributed by atoms with E-state index >= 15 is 0 Å². The van der Waals surface area contributed by atoms with Crippen molar-refractivity contribution in [2.45, 2.75) is 57.8 Å². The van der Waals surface area contributed by atoms with Crippen LogP contribution in [0.1, 0.15) is 39.2 Å². The van der Waals surface area contributed by atoms with Crippen molar-refractivity contribution in [2.24, 2.45) is 0 Å². The van der Waals surface area contributed by atoms with Crippen LogP contribution in [0.4, 0.5) is 0 Å². The van der Waals surface area contributed by atoms with Gasteiger partial charge in [0.2, 0.25) is 5.91 Å². The van der Waals surface area contributed by atoms with Crippen LogP contribution >= 0.6 is 0 Å². The SMILES string of the molecule is CC(C)Oc1cccc(CN2CC[C@]3(C=CC(=O)N3)C[C@@H]2C)c1. The Balaban J connectivity index is 1.63. The Morgan fingerprint density at radius 1 is 1.43 bits per heavy atom. The number of nitrogens with one attached hydrogen (secondary N) is 1. The highest BCUT2D eigenvalue weighted by Crippen LogP contribution is 2.31. The average Bonchev–Trinajstić information content (AvgIpc) is 2.83. The van der Waals surface area contributed by atoms with Crippen LogP contribution in [0, 0.1) is 0 Å². The molecule has 1 spiro atoms. The molecule has 3 rings (SSSR count). The van der Waals surface area contributed by atoms with Gasteiger partial charge in [-0.2, -0.15) is 0 Å². The second kappa shape index (κ2) is 6.36. The number of carbonyl (C=O) groups is 1. The number of nitrogens with zero attached hydrogens (tertiary/aromatic N) is 1. The molecule has 23 heavy (non-hydrogen) atoms. The lowest BCUT2D eigenvalue weighted by Crippen LogP contribution is -2.54. The molecule has 124 valence electrons. The zero-order valence-electron chi connectivity index (χ0n) is 14.2. The summed E-state index contributed by atoms with van der Waals surface area (Å²) in [6.45, 7) is 8.24. The lowest BCUT2D eigenvalue weighted by Gasteiger charge is -2.43. The molecular weight excluding hydrogens is 288 g/mol. The third kappa shape index (κ3) is 3.75. The predicted octanol–water partition coefficient (Wildman–Crippen LogP) is 2.88. The van der Waals surface area contributed by atoms with Crippen LogP contribution in [0.2, 0.25) is 0 Å². The molecule has 0 unspecified atom stereocenters. The van der Waals surface area contributed by atoms with Gasteiger partial charge in [-0.1, -0.05) is 18.2 Å². The Morgan fingerprint density at radius 3 is 2.91 bits per heavy atom. The molecule has 1 aromatic carbocycles. The molecular formula is C19H26N2O2. The smallest absolute Gasteiger partial charge is 0.244 e. The number of amides is 1. The number of likely N-dealkylation sites (tertiary alicyclic amines) is 1. The van der Waals surface area contributed by atoms with E-state index in [9.17, 15) is 4.79 Å². The van der Waals surface area contributed by atoms with Crippen LogP contribution in [0.25, 0.3) is 0 Å². The fourth-order valence-corrected chi connectivity index (χ4v) is 3.61. The highest BCUT2D eigenvalue weighted by atomic mass is 16.5. The third-order valence-corrected chi connectivity index (χ3v) is 4.71. The van der Waals surface area contributed by atoms with Gasteiger partial charge in [0.1, 0.15) is 5.75 Å². The van der Waals surface area contributed by atoms with Gasteiger partial charge in [-0.05, 0) is 51.3 Å². The first-order valence-electron chi connectivity index (χ1n) is 8.47. The second-order valence-corrected chi connectivity index (χ2v) is 7.07. The second-order valence-electron chi connectivity index (χ2n) is 7.07. The van der Waals surface area contributed by atoms with Gasteiger partial charge in [0.25, 0.3) is 0 Å². The van der Waals surface area contributed by atoms with Crippen molar-refractivity contribution in [1.82, 2.24) is 10.2 Å². The highest BCUT2D eigenvalue weighted by Gasteiger charge is 2.39. The monoisotopic (exact) mass is 314 g/mol. The van der Waals surface area contributed by atoms with Crippen molar-refractivity contribution in [3.63, 3.8) is 0 Å². The quantitative estimate of drug-likeness (QED) is 0.929. The molecule has 2 aliphatic heterocycles. The summed E-state index contributed by atoms with van der Waals surface area (Å²) in [6, 6.07) is 8.79. The molecule has 0 aliphatic carbocycles. The van der Waals surface area contributed by atoms with E-state index in [1.807, 2.05) is 19.9 Å². The van der Waals surface area contributed by atoms with Gasteiger partial charge in [0, 0.05) is 25.2 Å². The summed E-state index contributed by atoms with van der Waals surface area (Å²) in [5.74, 6) is 0.980. The first-order chi connectivity index (χ1) is 11.0. The molecule has 4 nitrogen and oxygen atoms in total. The van der Waals surface area contributed by atoms with E-state index in [1.54, 1.807) is 6.08 Å². The van der Waals surface area contributed by atoms with Crippen LogP contribution < -0.4 is 10.1 Å². The zero-order valence-corrected chi connectivity index (χ0v) is 14.2. The van der Waals surface area contributed by atoms with E-state index < -0.39 is 0 Å². The van der Waals surface area contributed by atoms with Crippen molar-refractivity contribution >= 4 is 5.91 Å². The Hall–Kier alpha value is -1.81. The zero-order chi connectivity index (χ0) is 16.4. The first kappa shape index (κ1) is 16.1. The number of piperidine rings is 1. The molecule has 0 aromatic heterocycles. The Morgan fingerprint density at radius 2 is 2.26 bits per heavy atom. The molecule has 1 fully saturated rings. The number of hydrogen-bond donors (Lipinski definition) is 1. The van der Waals surface area contributed by atoms with E-state index in [1.165, 1.54) is 5.56 Å². The molecule has 1 amide bonds. The summed E-state index contributed by atoms with van der Waals surface area (Å²) in [4.78, 5) is 14.0. The van der Waals surface area contributed by atoms with Crippen LogP contribution in [0.5, 0.6) is 5.75 Å². The fraction of sp³-hybridized carbons (Fsp3) is 0.526. The molecule has 0 radical (unpaired) electrons. The number of ether oxygens (including phenoxy) is 1. The summed E-state index contributed by atoms with van der Waals surface area (Å²) < 4.78 is 5.78. The fourth-order valence-electron chi connectivity index (χ4n) is 3.61. The summed E-state index contributed by atoms with van der Waals surface area (Å²) >= 11 is 0.